The second-order valence-electron chi connectivity index (χ2n) is 2.61. The van der Waals surface area contributed by atoms with Crippen molar-refractivity contribution >= 4 is 22.4 Å². The Hall–Kier alpha value is -0.940. The molecule has 0 saturated carbocycles. The quantitative estimate of drug-likeness (QED) is 0.714. The summed E-state index contributed by atoms with van der Waals surface area (Å²) in [5.74, 6) is -0.182. The van der Waals surface area contributed by atoms with Gasteiger partial charge in [-0.05, 0) is 31.4 Å². The molecule has 0 saturated heterocycles. The van der Waals surface area contributed by atoms with E-state index in [0.29, 0.717) is 0 Å². The number of hydrogen-bond acceptors (Lipinski definition) is 4. The van der Waals surface area contributed by atoms with Crippen molar-refractivity contribution in [3.05, 3.63) is 11.8 Å². The standard InChI is InChI=1S/C7H11N3OS/c1-4-3-6(12-10-4)9-7(11)5(2)8/h3,5H,8H2,1-2H3,(H,9,11). The number of aryl methyl sites for hydroxylation is 1. The first-order chi connectivity index (χ1) is 5.59. The van der Waals surface area contributed by atoms with Gasteiger partial charge in [0.2, 0.25) is 5.91 Å². The van der Waals surface area contributed by atoms with E-state index < -0.39 is 6.04 Å². The smallest absolute Gasteiger partial charge is 0.241 e. The first kappa shape index (κ1) is 9.15. The van der Waals surface area contributed by atoms with Crippen molar-refractivity contribution in [1.82, 2.24) is 4.37 Å². The number of amides is 1. The zero-order valence-corrected chi connectivity index (χ0v) is 7.81. The molecule has 0 aromatic carbocycles. The monoisotopic (exact) mass is 185 g/mol. The van der Waals surface area contributed by atoms with Gasteiger partial charge < -0.3 is 11.1 Å². The number of nitrogens with one attached hydrogen (secondary N) is 1. The molecule has 1 aromatic rings. The number of rotatable bonds is 2. The molecular formula is C7H11N3OS. The zero-order chi connectivity index (χ0) is 9.14. The molecular weight excluding hydrogens is 174 g/mol. The van der Waals surface area contributed by atoms with Gasteiger partial charge in [-0.3, -0.25) is 4.79 Å². The number of nitrogens with two attached hydrogens (primary N) is 1. The van der Waals surface area contributed by atoms with Crippen molar-refractivity contribution in [1.29, 1.82) is 0 Å². The highest BCUT2D eigenvalue weighted by Crippen LogP contribution is 2.15. The lowest BCUT2D eigenvalue weighted by Gasteiger charge is -2.03. The summed E-state index contributed by atoms with van der Waals surface area (Å²) in [5, 5.41) is 3.40. The van der Waals surface area contributed by atoms with Gasteiger partial charge in [-0.15, -0.1) is 0 Å². The van der Waals surface area contributed by atoms with Gasteiger partial charge in [0.25, 0.3) is 0 Å². The van der Waals surface area contributed by atoms with Crippen LogP contribution in [0.1, 0.15) is 12.6 Å². The maximum Gasteiger partial charge on any atom is 0.241 e. The minimum absolute atomic E-state index is 0.182. The molecule has 1 unspecified atom stereocenters. The molecule has 12 heavy (non-hydrogen) atoms. The molecule has 1 rings (SSSR count). The van der Waals surface area contributed by atoms with Gasteiger partial charge >= 0.3 is 0 Å². The van der Waals surface area contributed by atoms with Crippen LogP contribution in [0.2, 0.25) is 0 Å². The number of nitrogens with zero attached hydrogens (tertiary/aromatic N) is 1. The van der Waals surface area contributed by atoms with Crippen molar-refractivity contribution < 1.29 is 4.79 Å². The Bertz CT molecular complexity index is 282. The van der Waals surface area contributed by atoms with Crippen molar-refractivity contribution in [3.8, 4) is 0 Å². The molecule has 1 heterocycles. The molecule has 1 aromatic heterocycles. The molecule has 0 aliphatic carbocycles. The van der Waals surface area contributed by atoms with Gasteiger partial charge in [0.1, 0.15) is 5.00 Å². The molecule has 66 valence electrons. The average Bonchev–Trinajstić information content (AvgIpc) is 2.35. The summed E-state index contributed by atoms with van der Waals surface area (Å²) in [7, 11) is 0. The maximum absolute atomic E-state index is 11.1. The van der Waals surface area contributed by atoms with Crippen LogP contribution in [0.5, 0.6) is 0 Å². The van der Waals surface area contributed by atoms with Gasteiger partial charge in [-0.2, -0.15) is 4.37 Å². The Balaban J connectivity index is 2.58. The van der Waals surface area contributed by atoms with Crippen LogP contribution in [0.3, 0.4) is 0 Å². The fraction of sp³-hybridized carbons (Fsp3) is 0.429. The third kappa shape index (κ3) is 2.28. The van der Waals surface area contributed by atoms with E-state index in [-0.39, 0.29) is 5.91 Å². The first-order valence-corrected chi connectivity index (χ1v) is 4.36. The SMILES string of the molecule is Cc1cc(NC(=O)C(C)N)sn1. The summed E-state index contributed by atoms with van der Waals surface area (Å²) in [6.45, 7) is 3.52. The van der Waals surface area contributed by atoms with Gasteiger partial charge in [-0.25, -0.2) is 0 Å². The molecule has 5 heteroatoms. The Morgan fingerprint density at radius 1 is 1.83 bits per heavy atom. The third-order valence-corrected chi connectivity index (χ3v) is 2.08. The van der Waals surface area contributed by atoms with Crippen LogP contribution in [0, 0.1) is 6.92 Å². The Morgan fingerprint density at radius 2 is 2.50 bits per heavy atom. The summed E-state index contributed by atoms with van der Waals surface area (Å²) in [6.07, 6.45) is 0. The molecule has 1 amide bonds. The largest absolute Gasteiger partial charge is 0.320 e. The fourth-order valence-electron chi connectivity index (χ4n) is 0.658. The van der Waals surface area contributed by atoms with E-state index in [1.54, 1.807) is 6.92 Å². The summed E-state index contributed by atoms with van der Waals surface area (Å²) < 4.78 is 4.02. The Labute approximate surface area is 74.9 Å². The predicted octanol–water partition coefficient (Wildman–Crippen LogP) is 0.737. The van der Waals surface area contributed by atoms with E-state index in [0.717, 1.165) is 10.7 Å². The van der Waals surface area contributed by atoms with Crippen LogP contribution < -0.4 is 11.1 Å². The predicted molar refractivity (Wildman–Crippen MR) is 49.1 cm³/mol. The molecule has 3 N–H and O–H groups in total. The number of hydrogen-bond donors (Lipinski definition) is 2. The lowest BCUT2D eigenvalue weighted by molar-refractivity contribution is -0.117. The van der Waals surface area contributed by atoms with Crippen LogP contribution in [-0.2, 0) is 4.79 Å². The van der Waals surface area contributed by atoms with Crippen molar-refractivity contribution in [2.24, 2.45) is 5.73 Å². The van der Waals surface area contributed by atoms with E-state index in [4.69, 9.17) is 5.73 Å². The molecule has 1 atom stereocenters. The van der Waals surface area contributed by atoms with Crippen molar-refractivity contribution in [3.63, 3.8) is 0 Å². The maximum atomic E-state index is 11.1. The second-order valence-corrected chi connectivity index (χ2v) is 3.42. The van der Waals surface area contributed by atoms with Gasteiger partial charge in [0.05, 0.1) is 11.7 Å². The highest BCUT2D eigenvalue weighted by atomic mass is 32.1. The lowest BCUT2D eigenvalue weighted by Crippen LogP contribution is -2.32. The second kappa shape index (κ2) is 3.64. The number of carbonyl (C=O) groups is 1. The molecule has 0 aliphatic rings. The highest BCUT2D eigenvalue weighted by Gasteiger charge is 2.08. The van der Waals surface area contributed by atoms with E-state index in [9.17, 15) is 4.79 Å². The normalized spacial score (nSPS) is 12.6. The minimum Gasteiger partial charge on any atom is -0.320 e. The summed E-state index contributed by atoms with van der Waals surface area (Å²) in [4.78, 5) is 11.1. The molecule has 0 spiro atoms. The van der Waals surface area contributed by atoms with E-state index in [2.05, 4.69) is 9.69 Å². The van der Waals surface area contributed by atoms with Gasteiger partial charge in [0, 0.05) is 0 Å². The third-order valence-electron chi connectivity index (χ3n) is 1.29. The molecule has 0 aliphatic heterocycles. The van der Waals surface area contributed by atoms with Crippen LogP contribution in [-0.4, -0.2) is 16.3 Å². The summed E-state index contributed by atoms with van der Waals surface area (Å²) in [5.41, 5.74) is 6.27. The Kier molecular flexibility index (Phi) is 2.78. The van der Waals surface area contributed by atoms with Crippen LogP contribution >= 0.6 is 11.5 Å². The molecule has 0 radical (unpaired) electrons. The van der Waals surface area contributed by atoms with Crippen LogP contribution in [0.15, 0.2) is 6.07 Å². The van der Waals surface area contributed by atoms with E-state index in [1.165, 1.54) is 11.5 Å². The first-order valence-electron chi connectivity index (χ1n) is 3.59. The number of aromatic nitrogens is 1. The number of anilines is 1. The summed E-state index contributed by atoms with van der Waals surface area (Å²) in [6, 6.07) is 1.33. The summed E-state index contributed by atoms with van der Waals surface area (Å²) >= 11 is 1.26. The molecule has 4 nitrogen and oxygen atoms in total. The number of carbonyl (C=O) groups excluding carboxylic acids is 1. The fourth-order valence-corrected chi connectivity index (χ4v) is 1.32. The molecule has 0 bridgehead atoms. The molecule has 0 fully saturated rings. The van der Waals surface area contributed by atoms with Crippen LogP contribution in [0.25, 0.3) is 0 Å². The van der Waals surface area contributed by atoms with Gasteiger partial charge in [0.15, 0.2) is 0 Å². The van der Waals surface area contributed by atoms with E-state index in [1.807, 2.05) is 13.0 Å². The van der Waals surface area contributed by atoms with E-state index >= 15 is 0 Å². The van der Waals surface area contributed by atoms with Crippen molar-refractivity contribution in [2.45, 2.75) is 19.9 Å². The topological polar surface area (TPSA) is 68.0 Å². The zero-order valence-electron chi connectivity index (χ0n) is 7.00. The minimum atomic E-state index is -0.479. The van der Waals surface area contributed by atoms with Crippen LogP contribution in [0.4, 0.5) is 5.00 Å². The van der Waals surface area contributed by atoms with Gasteiger partial charge in [-0.1, -0.05) is 0 Å². The lowest BCUT2D eigenvalue weighted by atomic mass is 10.3. The highest BCUT2D eigenvalue weighted by molar-refractivity contribution is 7.10. The average molecular weight is 185 g/mol. The van der Waals surface area contributed by atoms with Crippen molar-refractivity contribution in [2.75, 3.05) is 5.32 Å². The Morgan fingerprint density at radius 3 is 2.92 bits per heavy atom.